The van der Waals surface area contributed by atoms with Gasteiger partial charge in [-0.3, -0.25) is 0 Å². The van der Waals surface area contributed by atoms with Crippen molar-refractivity contribution in [3.05, 3.63) is 22.9 Å². The van der Waals surface area contributed by atoms with Gasteiger partial charge in [-0.15, -0.1) is 0 Å². The van der Waals surface area contributed by atoms with E-state index in [2.05, 4.69) is 0 Å². The molecule has 0 aromatic carbocycles. The molecule has 0 bridgehead atoms. The number of hydrogen-bond acceptors (Lipinski definition) is 2. The molecule has 0 saturated carbocycles. The number of halogens is 2. The summed E-state index contributed by atoms with van der Waals surface area (Å²) in [6, 6.07) is 0. The molecule has 2 nitrogen and oxygen atoms in total. The summed E-state index contributed by atoms with van der Waals surface area (Å²) in [7, 11) is 0. The van der Waals surface area contributed by atoms with Crippen LogP contribution in [0.25, 0.3) is 0 Å². The first kappa shape index (κ1) is 7.92. The molecule has 0 radical (unpaired) electrons. The van der Waals surface area contributed by atoms with Crippen molar-refractivity contribution < 1.29 is 10.2 Å². The van der Waals surface area contributed by atoms with E-state index in [1.54, 1.807) is 0 Å². The maximum Gasteiger partial charge on any atom is 0.166 e. The molecule has 4 heteroatoms. The number of alkyl halides is 1. The maximum absolute atomic E-state index is 9.12. The topological polar surface area (TPSA) is 40.5 Å². The number of aliphatic hydroxyl groups excluding tert-OH is 1. The van der Waals surface area contributed by atoms with Crippen LogP contribution in [0.2, 0.25) is 0 Å². The smallest absolute Gasteiger partial charge is 0.166 e. The monoisotopic (exact) mass is 180 g/mol. The van der Waals surface area contributed by atoms with Crippen molar-refractivity contribution >= 4 is 23.2 Å². The first-order valence-electron chi connectivity index (χ1n) is 2.69. The van der Waals surface area contributed by atoms with E-state index in [0.717, 1.165) is 0 Å². The zero-order valence-corrected chi connectivity index (χ0v) is 6.52. The van der Waals surface area contributed by atoms with Crippen LogP contribution >= 0.6 is 23.2 Å². The SMILES string of the molecule is OC1=CC(Cl)=CC(O)(Cl)C1. The van der Waals surface area contributed by atoms with E-state index in [0.29, 0.717) is 0 Å². The lowest BCUT2D eigenvalue weighted by Crippen LogP contribution is -2.20. The molecule has 0 heterocycles. The van der Waals surface area contributed by atoms with Gasteiger partial charge in [0.2, 0.25) is 0 Å². The summed E-state index contributed by atoms with van der Waals surface area (Å²) in [5.74, 6) is -0.00926. The average molecular weight is 181 g/mol. The van der Waals surface area contributed by atoms with Crippen LogP contribution in [0.3, 0.4) is 0 Å². The van der Waals surface area contributed by atoms with Gasteiger partial charge in [-0.05, 0) is 12.2 Å². The second kappa shape index (κ2) is 2.46. The van der Waals surface area contributed by atoms with E-state index in [4.69, 9.17) is 33.4 Å². The fourth-order valence-corrected chi connectivity index (χ4v) is 1.38. The number of hydrogen-bond donors (Lipinski definition) is 2. The molecule has 0 aromatic heterocycles. The van der Waals surface area contributed by atoms with E-state index in [-0.39, 0.29) is 17.2 Å². The number of rotatable bonds is 0. The minimum atomic E-state index is -1.52. The Morgan fingerprint density at radius 3 is 2.60 bits per heavy atom. The summed E-state index contributed by atoms with van der Waals surface area (Å²) >= 11 is 10.9. The molecular formula is C6H6Cl2O2. The number of aliphatic hydroxyl groups is 2. The molecule has 0 aromatic rings. The van der Waals surface area contributed by atoms with Gasteiger partial charge >= 0.3 is 0 Å². The summed E-state index contributed by atoms with van der Waals surface area (Å²) in [5, 5.41) is 16.8. The zero-order valence-electron chi connectivity index (χ0n) is 5.01. The summed E-state index contributed by atoms with van der Waals surface area (Å²) < 4.78 is 0. The Morgan fingerprint density at radius 1 is 1.60 bits per heavy atom. The molecular weight excluding hydrogens is 175 g/mol. The third kappa shape index (κ3) is 1.90. The van der Waals surface area contributed by atoms with Gasteiger partial charge in [0.05, 0.1) is 12.2 Å². The standard InChI is InChI=1S/C6H6Cl2O2/c7-4-1-5(9)3-6(8,10)2-4/h1-2,9-10H,3H2. The summed E-state index contributed by atoms with van der Waals surface area (Å²) in [6.07, 6.45) is 2.62. The molecule has 1 atom stereocenters. The third-order valence-electron chi connectivity index (χ3n) is 1.09. The van der Waals surface area contributed by atoms with Crippen LogP contribution in [-0.4, -0.2) is 15.3 Å². The quantitative estimate of drug-likeness (QED) is 0.560. The largest absolute Gasteiger partial charge is 0.512 e. The lowest BCUT2D eigenvalue weighted by atomic mass is 10.1. The highest BCUT2D eigenvalue weighted by Gasteiger charge is 2.25. The van der Waals surface area contributed by atoms with Crippen molar-refractivity contribution in [1.29, 1.82) is 0 Å². The lowest BCUT2D eigenvalue weighted by molar-refractivity contribution is 0.159. The normalized spacial score (nSPS) is 33.1. The van der Waals surface area contributed by atoms with Gasteiger partial charge in [0.1, 0.15) is 0 Å². The van der Waals surface area contributed by atoms with Crippen LogP contribution in [0.4, 0.5) is 0 Å². The fraction of sp³-hybridized carbons (Fsp3) is 0.333. The van der Waals surface area contributed by atoms with Crippen LogP contribution < -0.4 is 0 Å². The lowest BCUT2D eigenvalue weighted by Gasteiger charge is -2.19. The minimum absolute atomic E-state index is 0.00474. The van der Waals surface area contributed by atoms with E-state index >= 15 is 0 Å². The average Bonchev–Trinajstić information content (AvgIpc) is 1.54. The zero-order chi connectivity index (χ0) is 7.78. The van der Waals surface area contributed by atoms with Crippen LogP contribution in [0.1, 0.15) is 6.42 Å². The number of allylic oxidation sites excluding steroid dienone is 2. The summed E-state index contributed by atoms with van der Waals surface area (Å²) in [6.45, 7) is 0. The fourth-order valence-electron chi connectivity index (χ4n) is 0.768. The Kier molecular flexibility index (Phi) is 1.95. The van der Waals surface area contributed by atoms with Crippen LogP contribution in [-0.2, 0) is 0 Å². The Hall–Kier alpha value is -0.180. The molecule has 0 spiro atoms. The Balaban J connectivity index is 2.88. The molecule has 56 valence electrons. The second-order valence-electron chi connectivity index (χ2n) is 2.16. The predicted molar refractivity (Wildman–Crippen MR) is 40.1 cm³/mol. The van der Waals surface area contributed by atoms with Crippen molar-refractivity contribution in [3.63, 3.8) is 0 Å². The van der Waals surface area contributed by atoms with Gasteiger partial charge in [-0.1, -0.05) is 23.2 Å². The molecule has 0 amide bonds. The van der Waals surface area contributed by atoms with Crippen molar-refractivity contribution in [2.75, 3.05) is 0 Å². The third-order valence-corrected chi connectivity index (χ3v) is 1.55. The molecule has 0 aliphatic heterocycles. The maximum atomic E-state index is 9.12. The predicted octanol–water partition coefficient (Wildman–Crippen LogP) is 1.88. The first-order valence-corrected chi connectivity index (χ1v) is 3.44. The van der Waals surface area contributed by atoms with Gasteiger partial charge in [0.15, 0.2) is 5.06 Å². The van der Waals surface area contributed by atoms with Gasteiger partial charge < -0.3 is 10.2 Å². The van der Waals surface area contributed by atoms with Crippen molar-refractivity contribution in [1.82, 2.24) is 0 Å². The van der Waals surface area contributed by atoms with Crippen molar-refractivity contribution in [3.8, 4) is 0 Å². The van der Waals surface area contributed by atoms with E-state index < -0.39 is 5.06 Å². The summed E-state index contributed by atoms with van der Waals surface area (Å²) in [4.78, 5) is 0. The Morgan fingerprint density at radius 2 is 2.20 bits per heavy atom. The molecule has 1 aliphatic rings. The van der Waals surface area contributed by atoms with Gasteiger partial charge in [-0.25, -0.2) is 0 Å². The molecule has 10 heavy (non-hydrogen) atoms. The molecule has 2 N–H and O–H groups in total. The highest BCUT2D eigenvalue weighted by atomic mass is 35.5. The minimum Gasteiger partial charge on any atom is -0.512 e. The van der Waals surface area contributed by atoms with Crippen molar-refractivity contribution in [2.45, 2.75) is 11.5 Å². The Bertz CT molecular complexity index is 206. The highest BCUT2D eigenvalue weighted by molar-refractivity contribution is 6.33. The van der Waals surface area contributed by atoms with E-state index in [1.165, 1.54) is 12.2 Å². The second-order valence-corrected chi connectivity index (χ2v) is 3.25. The van der Waals surface area contributed by atoms with E-state index in [1.807, 2.05) is 0 Å². The van der Waals surface area contributed by atoms with Gasteiger partial charge in [0, 0.05) is 5.03 Å². The highest BCUT2D eigenvalue weighted by Crippen LogP contribution is 2.29. The molecule has 1 aliphatic carbocycles. The van der Waals surface area contributed by atoms with Crippen molar-refractivity contribution in [2.24, 2.45) is 0 Å². The Labute approximate surface area is 68.4 Å². The van der Waals surface area contributed by atoms with Crippen LogP contribution in [0, 0.1) is 0 Å². The van der Waals surface area contributed by atoms with Crippen LogP contribution in [0.15, 0.2) is 22.9 Å². The molecule has 1 rings (SSSR count). The molecule has 1 unspecified atom stereocenters. The van der Waals surface area contributed by atoms with Gasteiger partial charge in [-0.2, -0.15) is 0 Å². The van der Waals surface area contributed by atoms with Gasteiger partial charge in [0.25, 0.3) is 0 Å². The van der Waals surface area contributed by atoms with E-state index in [9.17, 15) is 0 Å². The molecule has 0 saturated heterocycles. The van der Waals surface area contributed by atoms with Crippen LogP contribution in [0.5, 0.6) is 0 Å². The summed E-state index contributed by atoms with van der Waals surface area (Å²) in [5.41, 5.74) is 0. The first-order chi connectivity index (χ1) is 4.49. The molecule has 0 fully saturated rings.